The molecule has 0 spiro atoms. The molecule has 0 atom stereocenters. The smallest absolute Gasteiger partial charge is 0.217 e. The van der Waals surface area contributed by atoms with Gasteiger partial charge in [-0.2, -0.15) is 0 Å². The number of aryl methyl sites for hydroxylation is 1. The molecular weight excluding hydrogens is 190 g/mol. The van der Waals surface area contributed by atoms with Crippen LogP contribution >= 0.6 is 0 Å². The number of hydrogen-bond donors (Lipinski definition) is 2. The van der Waals surface area contributed by atoms with Gasteiger partial charge in [0.15, 0.2) is 0 Å². The molecule has 0 aliphatic carbocycles. The Kier molecular flexibility index (Phi) is 3.75. The number of carbonyl (C=O) groups excluding carboxylic acids is 1. The number of nitrogens with one attached hydrogen (secondary N) is 1. The fraction of sp³-hybridized carbons (Fsp3) is 0.250. The van der Waals surface area contributed by atoms with Crippen LogP contribution in [0.25, 0.3) is 0 Å². The van der Waals surface area contributed by atoms with Crippen LogP contribution in [-0.2, 0) is 4.79 Å². The van der Waals surface area contributed by atoms with Crippen LogP contribution in [0.3, 0.4) is 0 Å². The van der Waals surface area contributed by atoms with Crippen molar-refractivity contribution < 1.29 is 9.90 Å². The van der Waals surface area contributed by atoms with Gasteiger partial charge in [0.25, 0.3) is 0 Å². The summed E-state index contributed by atoms with van der Waals surface area (Å²) in [7, 11) is 0. The van der Waals surface area contributed by atoms with E-state index in [2.05, 4.69) is 17.2 Å². The lowest BCUT2D eigenvalue weighted by molar-refractivity contribution is -0.118. The molecule has 0 heterocycles. The molecule has 0 bridgehead atoms. The molecule has 0 fully saturated rings. The highest BCUT2D eigenvalue weighted by atomic mass is 16.3. The van der Waals surface area contributed by atoms with Crippen LogP contribution in [-0.4, -0.2) is 17.6 Å². The van der Waals surface area contributed by atoms with Gasteiger partial charge in [0.1, 0.15) is 5.75 Å². The fourth-order valence-electron chi connectivity index (χ4n) is 1.10. The van der Waals surface area contributed by atoms with E-state index in [1.54, 1.807) is 18.2 Å². The van der Waals surface area contributed by atoms with Gasteiger partial charge in [0.05, 0.1) is 6.54 Å². The van der Waals surface area contributed by atoms with Gasteiger partial charge in [0.2, 0.25) is 5.91 Å². The number of carbonyl (C=O) groups is 1. The van der Waals surface area contributed by atoms with E-state index in [0.29, 0.717) is 6.54 Å². The summed E-state index contributed by atoms with van der Waals surface area (Å²) in [5.74, 6) is 5.89. The van der Waals surface area contributed by atoms with Crippen LogP contribution in [0.5, 0.6) is 5.75 Å². The molecule has 3 heteroatoms. The van der Waals surface area contributed by atoms with E-state index in [4.69, 9.17) is 0 Å². The fourth-order valence-corrected chi connectivity index (χ4v) is 1.10. The Labute approximate surface area is 89.1 Å². The van der Waals surface area contributed by atoms with Crippen LogP contribution in [0.4, 0.5) is 0 Å². The maximum absolute atomic E-state index is 10.6. The summed E-state index contributed by atoms with van der Waals surface area (Å²) in [4.78, 5) is 10.6. The Morgan fingerprint density at radius 1 is 1.53 bits per heavy atom. The van der Waals surface area contributed by atoms with E-state index >= 15 is 0 Å². The van der Waals surface area contributed by atoms with Gasteiger partial charge in [-0.15, -0.1) is 0 Å². The minimum Gasteiger partial charge on any atom is -0.508 e. The summed E-state index contributed by atoms with van der Waals surface area (Å²) in [6.45, 7) is 3.67. The van der Waals surface area contributed by atoms with E-state index in [0.717, 1.165) is 11.1 Å². The summed E-state index contributed by atoms with van der Waals surface area (Å²) in [6, 6.07) is 5.00. The highest BCUT2D eigenvalue weighted by molar-refractivity contribution is 5.73. The number of hydrogen-bond acceptors (Lipinski definition) is 2. The lowest BCUT2D eigenvalue weighted by Crippen LogP contribution is -2.19. The van der Waals surface area contributed by atoms with Gasteiger partial charge in [-0.25, -0.2) is 0 Å². The molecule has 0 radical (unpaired) electrons. The molecule has 1 aromatic rings. The molecule has 0 unspecified atom stereocenters. The number of rotatable bonds is 1. The molecule has 78 valence electrons. The second kappa shape index (κ2) is 5.06. The number of amides is 1. The zero-order chi connectivity index (χ0) is 11.3. The van der Waals surface area contributed by atoms with E-state index in [9.17, 15) is 9.90 Å². The lowest BCUT2D eigenvalue weighted by atomic mass is 10.1. The second-order valence-corrected chi connectivity index (χ2v) is 3.21. The molecule has 0 saturated heterocycles. The zero-order valence-corrected chi connectivity index (χ0v) is 8.79. The Morgan fingerprint density at radius 3 is 2.87 bits per heavy atom. The van der Waals surface area contributed by atoms with Gasteiger partial charge in [-0.05, 0) is 30.7 Å². The molecule has 1 amide bonds. The summed E-state index contributed by atoms with van der Waals surface area (Å²) in [6.07, 6.45) is 0. The third-order valence-electron chi connectivity index (χ3n) is 1.86. The monoisotopic (exact) mass is 203 g/mol. The Balaban J connectivity index is 2.67. The highest BCUT2D eigenvalue weighted by Gasteiger charge is 1.95. The van der Waals surface area contributed by atoms with Crippen LogP contribution < -0.4 is 5.32 Å². The largest absolute Gasteiger partial charge is 0.508 e. The summed E-state index contributed by atoms with van der Waals surface area (Å²) in [5, 5.41) is 11.8. The second-order valence-electron chi connectivity index (χ2n) is 3.21. The highest BCUT2D eigenvalue weighted by Crippen LogP contribution is 2.14. The minimum atomic E-state index is -0.0910. The van der Waals surface area contributed by atoms with Crippen molar-refractivity contribution in [1.82, 2.24) is 5.32 Å². The molecule has 2 N–H and O–H groups in total. The first-order valence-electron chi connectivity index (χ1n) is 4.62. The third kappa shape index (κ3) is 3.74. The van der Waals surface area contributed by atoms with Crippen LogP contribution in [0.15, 0.2) is 18.2 Å². The van der Waals surface area contributed by atoms with Crippen molar-refractivity contribution in [1.29, 1.82) is 0 Å². The van der Waals surface area contributed by atoms with Crippen molar-refractivity contribution in [3.63, 3.8) is 0 Å². The first-order valence-corrected chi connectivity index (χ1v) is 4.62. The molecule has 0 aromatic heterocycles. The molecule has 1 rings (SSSR count). The van der Waals surface area contributed by atoms with Gasteiger partial charge in [-0.3, -0.25) is 4.79 Å². The molecule has 0 aliphatic rings. The minimum absolute atomic E-state index is 0.0910. The van der Waals surface area contributed by atoms with Gasteiger partial charge >= 0.3 is 0 Å². The average molecular weight is 203 g/mol. The Hall–Kier alpha value is -1.95. The van der Waals surface area contributed by atoms with Crippen molar-refractivity contribution in [3.05, 3.63) is 29.3 Å². The van der Waals surface area contributed by atoms with Crippen molar-refractivity contribution in [3.8, 4) is 17.6 Å². The predicted molar refractivity (Wildman–Crippen MR) is 58.4 cm³/mol. The Morgan fingerprint density at radius 2 is 2.27 bits per heavy atom. The summed E-state index contributed by atoms with van der Waals surface area (Å²) in [5.41, 5.74) is 1.78. The van der Waals surface area contributed by atoms with E-state index in [-0.39, 0.29) is 11.7 Å². The molecule has 0 saturated carbocycles. The van der Waals surface area contributed by atoms with Crippen molar-refractivity contribution >= 4 is 5.91 Å². The van der Waals surface area contributed by atoms with Crippen molar-refractivity contribution in [2.45, 2.75) is 13.8 Å². The molecular formula is C12H13NO2. The van der Waals surface area contributed by atoms with Crippen LogP contribution in [0.2, 0.25) is 0 Å². The predicted octanol–water partition coefficient (Wildman–Crippen LogP) is 1.19. The number of phenols is 1. The normalized spacial score (nSPS) is 8.93. The van der Waals surface area contributed by atoms with Gasteiger partial charge < -0.3 is 10.4 Å². The average Bonchev–Trinajstić information content (AvgIpc) is 2.14. The summed E-state index contributed by atoms with van der Waals surface area (Å²) < 4.78 is 0. The van der Waals surface area contributed by atoms with Crippen LogP contribution in [0, 0.1) is 18.8 Å². The number of phenolic OH excluding ortho intramolecular Hbond substituents is 1. The quantitative estimate of drug-likeness (QED) is 0.673. The van der Waals surface area contributed by atoms with Crippen molar-refractivity contribution in [2.75, 3.05) is 6.54 Å². The van der Waals surface area contributed by atoms with Gasteiger partial charge in [-0.1, -0.05) is 11.8 Å². The number of benzene rings is 1. The Bertz CT molecular complexity index is 427. The van der Waals surface area contributed by atoms with E-state index < -0.39 is 0 Å². The zero-order valence-electron chi connectivity index (χ0n) is 8.79. The maximum Gasteiger partial charge on any atom is 0.217 e. The first kappa shape index (κ1) is 11.1. The van der Waals surface area contributed by atoms with Crippen molar-refractivity contribution in [2.24, 2.45) is 0 Å². The maximum atomic E-state index is 10.6. The lowest BCUT2D eigenvalue weighted by Gasteiger charge is -1.98. The molecule has 15 heavy (non-hydrogen) atoms. The third-order valence-corrected chi connectivity index (χ3v) is 1.86. The van der Waals surface area contributed by atoms with E-state index in [1.165, 1.54) is 6.92 Å². The van der Waals surface area contributed by atoms with E-state index in [1.807, 2.05) is 6.92 Å². The molecule has 1 aromatic carbocycles. The summed E-state index contributed by atoms with van der Waals surface area (Å²) >= 11 is 0. The molecule has 0 aliphatic heterocycles. The number of aromatic hydroxyl groups is 1. The topological polar surface area (TPSA) is 49.3 Å². The molecule has 3 nitrogen and oxygen atoms in total. The standard InChI is InChI=1S/C12H13NO2/c1-9-8-12(15)6-5-11(9)4-3-7-13-10(2)14/h5-6,8,15H,7H2,1-2H3,(H,13,14). The first-order chi connectivity index (χ1) is 7.09. The SMILES string of the molecule is CC(=O)NCC#Cc1ccc(O)cc1C. The van der Waals surface area contributed by atoms with Gasteiger partial charge in [0, 0.05) is 12.5 Å². The van der Waals surface area contributed by atoms with Crippen LogP contribution in [0.1, 0.15) is 18.1 Å².